The molecule has 2 heteroatoms. The summed E-state index contributed by atoms with van der Waals surface area (Å²) in [6.45, 7) is 4.98. The Morgan fingerprint density at radius 3 is 2.30 bits per heavy atom. The minimum Gasteiger partial charge on any atom is -0.358 e. The molecule has 0 aromatic heterocycles. The van der Waals surface area contributed by atoms with Crippen molar-refractivity contribution in [2.24, 2.45) is 0 Å². The van der Waals surface area contributed by atoms with Crippen LogP contribution in [0.15, 0.2) is 41.6 Å². The van der Waals surface area contributed by atoms with Gasteiger partial charge in [0, 0.05) is 0 Å². The van der Waals surface area contributed by atoms with Gasteiger partial charge in [0.15, 0.2) is 0 Å². The molecule has 0 amide bonds. The quantitative estimate of drug-likeness (QED) is 0.548. The Hall–Kier alpha value is -0.187. The summed E-state index contributed by atoms with van der Waals surface area (Å²) < 4.78 is 0. The largest absolute Gasteiger partial charge is 2.00 e. The van der Waals surface area contributed by atoms with Crippen LogP contribution >= 0.6 is 0 Å². The maximum Gasteiger partial charge on any atom is 2.00 e. The van der Waals surface area contributed by atoms with E-state index in [0.29, 0.717) is 0 Å². The first-order valence-corrected chi connectivity index (χ1v) is 10.3. The average molecular weight is 297 g/mol. The van der Waals surface area contributed by atoms with E-state index >= 15 is 0 Å². The maximum atomic E-state index is 2.53. The first kappa shape index (κ1) is 19.8. The van der Waals surface area contributed by atoms with Crippen LogP contribution < -0.4 is 5.19 Å². The van der Waals surface area contributed by atoms with Crippen molar-refractivity contribution < 1.29 is 0 Å². The van der Waals surface area contributed by atoms with Crippen LogP contribution in [0.2, 0.25) is 13.1 Å². The molecule has 1 aromatic carbocycles. The Kier molecular flexibility index (Phi) is 9.61. The van der Waals surface area contributed by atoms with Crippen LogP contribution in [0.3, 0.4) is 0 Å². The van der Waals surface area contributed by atoms with Gasteiger partial charge >= 0.3 is 23.1 Å². The number of hydrogen-bond donors (Lipinski definition) is 0. The van der Waals surface area contributed by atoms with Gasteiger partial charge in [-0.2, -0.15) is 0 Å². The van der Waals surface area contributed by atoms with Crippen LogP contribution in [0.5, 0.6) is 0 Å². The molecule has 0 saturated heterocycles. The molecule has 0 spiro atoms. The molecule has 1 aliphatic carbocycles. The van der Waals surface area contributed by atoms with Crippen molar-refractivity contribution >= 4 is 36.3 Å². The third-order valence-electron chi connectivity index (χ3n) is 4.10. The molecule has 1 aromatic rings. The van der Waals surface area contributed by atoms with Crippen LogP contribution in [0.4, 0.5) is 0 Å². The minimum absolute atomic E-state index is 0. The van der Waals surface area contributed by atoms with Crippen LogP contribution in [0.1, 0.15) is 38.5 Å². The van der Waals surface area contributed by atoms with Gasteiger partial charge in [-0.25, -0.2) is 17.7 Å². The van der Waals surface area contributed by atoms with Crippen molar-refractivity contribution in [3.63, 3.8) is 0 Å². The standard InChI is InChI=1S/C17H25Si.CH3.Mg/c1-18(2,17-14-10-7-11-15-17)16-12-8-5-3-4-6-9-13-16;;/h7,10-15H,3-6,8-9H2,1-2H3;1H3;/q2*-1;+2/b16-12+;;. The summed E-state index contributed by atoms with van der Waals surface area (Å²) in [6, 6.07) is 11.1. The van der Waals surface area contributed by atoms with Crippen LogP contribution in [-0.2, 0) is 0 Å². The minimum atomic E-state index is -1.45. The fraction of sp³-hybridized carbons (Fsp3) is 0.444. The van der Waals surface area contributed by atoms with Gasteiger partial charge < -0.3 is 7.43 Å². The zero-order valence-electron chi connectivity index (χ0n) is 13.5. The van der Waals surface area contributed by atoms with Crippen LogP contribution in [0.25, 0.3) is 0 Å². The Morgan fingerprint density at radius 1 is 0.950 bits per heavy atom. The summed E-state index contributed by atoms with van der Waals surface area (Å²) in [5, 5.41) is 3.22. The molecular weight excluding hydrogens is 269 g/mol. The Morgan fingerprint density at radius 2 is 1.60 bits per heavy atom. The average Bonchev–Trinajstić information content (AvgIpc) is 2.53. The summed E-state index contributed by atoms with van der Waals surface area (Å²) >= 11 is 0. The molecule has 1 aliphatic rings. The van der Waals surface area contributed by atoms with E-state index in [1.165, 1.54) is 38.5 Å². The van der Waals surface area contributed by atoms with E-state index in [-0.39, 0.29) is 30.5 Å². The molecule has 0 aliphatic heterocycles. The topological polar surface area (TPSA) is 0 Å². The zero-order valence-corrected chi connectivity index (χ0v) is 15.9. The van der Waals surface area contributed by atoms with Gasteiger partial charge in [0.2, 0.25) is 0 Å². The summed E-state index contributed by atoms with van der Waals surface area (Å²) in [6.07, 6.45) is 13.2. The number of hydrogen-bond acceptors (Lipinski definition) is 0. The van der Waals surface area contributed by atoms with E-state index < -0.39 is 8.07 Å². The van der Waals surface area contributed by atoms with E-state index in [0.717, 1.165) is 0 Å². The van der Waals surface area contributed by atoms with E-state index in [4.69, 9.17) is 0 Å². The predicted molar refractivity (Wildman–Crippen MR) is 95.8 cm³/mol. The number of benzene rings is 1. The molecule has 0 nitrogen and oxygen atoms in total. The summed E-state index contributed by atoms with van der Waals surface area (Å²) in [5.74, 6) is 0. The molecule has 0 saturated carbocycles. The molecular formula is C18H28MgSi. The van der Waals surface area contributed by atoms with Gasteiger partial charge in [0.05, 0.1) is 8.07 Å². The molecule has 2 rings (SSSR count). The van der Waals surface area contributed by atoms with Gasteiger partial charge in [0.25, 0.3) is 0 Å². The van der Waals surface area contributed by atoms with E-state index in [9.17, 15) is 0 Å². The smallest absolute Gasteiger partial charge is 0.358 e. The summed E-state index contributed by atoms with van der Waals surface area (Å²) in [7, 11) is -1.45. The number of rotatable bonds is 2. The SMILES string of the molecule is C[Si](C)(/C1=C/CCCCCC[CH-]1)c1ccccc1.[CH3-].[Mg+2]. The van der Waals surface area contributed by atoms with Crippen molar-refractivity contribution in [1.82, 2.24) is 0 Å². The van der Waals surface area contributed by atoms with Crippen LogP contribution in [0, 0.1) is 13.8 Å². The molecule has 106 valence electrons. The fourth-order valence-corrected chi connectivity index (χ4v) is 5.44. The molecule has 20 heavy (non-hydrogen) atoms. The Balaban J connectivity index is 0.00000180. The van der Waals surface area contributed by atoms with Crippen molar-refractivity contribution in [3.8, 4) is 0 Å². The van der Waals surface area contributed by atoms with Gasteiger partial charge in [-0.05, 0) is 0 Å². The van der Waals surface area contributed by atoms with Crippen molar-refractivity contribution in [1.29, 1.82) is 0 Å². The molecule has 0 heterocycles. The Bertz CT molecular complexity index is 395. The van der Waals surface area contributed by atoms with Gasteiger partial charge in [-0.3, -0.25) is 0 Å². The molecule has 0 atom stereocenters. The predicted octanol–water partition coefficient (Wildman–Crippen LogP) is 4.70. The molecule has 0 radical (unpaired) electrons. The second-order valence-electron chi connectivity index (χ2n) is 5.85. The van der Waals surface area contributed by atoms with Gasteiger partial charge in [0.1, 0.15) is 0 Å². The molecule has 0 fully saturated rings. The van der Waals surface area contributed by atoms with E-state index in [2.05, 4.69) is 55.9 Å². The Labute approximate surface area is 143 Å². The third-order valence-corrected chi connectivity index (χ3v) is 7.73. The summed E-state index contributed by atoms with van der Waals surface area (Å²) in [4.78, 5) is 0. The number of allylic oxidation sites excluding steroid dienone is 2. The zero-order chi connectivity index (χ0) is 12.8. The third kappa shape index (κ3) is 5.30. The van der Waals surface area contributed by atoms with Crippen LogP contribution in [-0.4, -0.2) is 31.1 Å². The first-order chi connectivity index (χ1) is 8.71. The maximum absolute atomic E-state index is 2.53. The van der Waals surface area contributed by atoms with E-state index in [1.807, 2.05) is 0 Å². The molecule has 0 bridgehead atoms. The second-order valence-corrected chi connectivity index (χ2v) is 10.3. The van der Waals surface area contributed by atoms with E-state index in [1.54, 1.807) is 10.4 Å². The normalized spacial score (nSPS) is 18.8. The molecule has 0 unspecified atom stereocenters. The van der Waals surface area contributed by atoms with Gasteiger partial charge in [-0.15, -0.1) is 12.8 Å². The van der Waals surface area contributed by atoms with Gasteiger partial charge in [-0.1, -0.05) is 74.3 Å². The van der Waals surface area contributed by atoms with Crippen molar-refractivity contribution in [3.05, 3.63) is 55.5 Å². The van der Waals surface area contributed by atoms with Crippen molar-refractivity contribution in [2.45, 2.75) is 51.6 Å². The second kappa shape index (κ2) is 9.70. The summed E-state index contributed by atoms with van der Waals surface area (Å²) in [5.41, 5.74) is 0. The molecule has 0 N–H and O–H groups in total. The first-order valence-electron chi connectivity index (χ1n) is 7.30. The van der Waals surface area contributed by atoms with Crippen molar-refractivity contribution in [2.75, 3.05) is 0 Å². The monoisotopic (exact) mass is 296 g/mol. The fourth-order valence-electron chi connectivity index (χ4n) is 2.77.